The van der Waals surface area contributed by atoms with E-state index in [2.05, 4.69) is 42.5 Å². The number of aromatic nitrogens is 4. The van der Waals surface area contributed by atoms with E-state index in [0.717, 1.165) is 68.3 Å². The number of fused-ring (bicyclic) bond motifs is 10. The van der Waals surface area contributed by atoms with Gasteiger partial charge >= 0.3 is 0 Å². The Morgan fingerprint density at radius 2 is 2.03 bits per heavy atom. The van der Waals surface area contributed by atoms with Crippen LogP contribution in [0, 0.1) is 5.41 Å². The summed E-state index contributed by atoms with van der Waals surface area (Å²) in [5.41, 5.74) is 5.28. The van der Waals surface area contributed by atoms with E-state index < -0.39 is 10.0 Å². The van der Waals surface area contributed by atoms with E-state index in [1.807, 2.05) is 26.2 Å². The molecule has 1 fully saturated rings. The maximum Gasteiger partial charge on any atom is 0.278 e. The van der Waals surface area contributed by atoms with Gasteiger partial charge in [0.2, 0.25) is 11.8 Å². The van der Waals surface area contributed by atoms with Gasteiger partial charge < -0.3 is 15.0 Å². The minimum Gasteiger partial charge on any atom is -0.478 e. The van der Waals surface area contributed by atoms with Crippen molar-refractivity contribution in [2.24, 2.45) is 5.41 Å². The molecule has 3 aliphatic rings. The maximum absolute atomic E-state index is 13.6. The fourth-order valence-corrected chi connectivity index (χ4v) is 7.70. The van der Waals surface area contributed by atoms with Crippen molar-refractivity contribution in [3.63, 3.8) is 0 Å². The molecule has 2 aliphatic heterocycles. The van der Waals surface area contributed by atoms with Gasteiger partial charge in [-0.05, 0) is 87.2 Å². The number of ether oxygens (including phenoxy) is 1. The van der Waals surface area contributed by atoms with Gasteiger partial charge in [-0.1, -0.05) is 12.1 Å². The molecule has 202 valence electrons. The largest absolute Gasteiger partial charge is 0.478 e. The Morgan fingerprint density at radius 3 is 2.89 bits per heavy atom. The molecule has 0 spiro atoms. The Kier molecular flexibility index (Phi) is 6.61. The van der Waals surface area contributed by atoms with Gasteiger partial charge in [0.1, 0.15) is 0 Å². The number of aryl methyl sites for hydroxylation is 1. The zero-order valence-corrected chi connectivity index (χ0v) is 22.9. The standard InChI is InChI=1S/C27H35N7O3S/c1-33(2)17-27-11-3-4-15-37-23-16-20(10-13-28-23)22-9-8-19-6-5-7-21(19)24(22)29-25-30-26(32-31-25)38(35,36)34(18-27)14-12-27/h8-10,13,16H,3-7,11-12,14-15,17-18H2,1-2H3,(H2,29,30,31,32). The molecule has 1 aromatic carbocycles. The molecule has 0 saturated carbocycles. The summed E-state index contributed by atoms with van der Waals surface area (Å²) in [4.78, 5) is 11.0. The lowest BCUT2D eigenvalue weighted by molar-refractivity contribution is 0.183. The first-order valence-corrected chi connectivity index (χ1v) is 14.9. The molecule has 3 aromatic rings. The summed E-state index contributed by atoms with van der Waals surface area (Å²) < 4.78 is 34.9. The van der Waals surface area contributed by atoms with Crippen LogP contribution in [0.1, 0.15) is 43.2 Å². The molecular weight excluding hydrogens is 502 g/mol. The fourth-order valence-electron chi connectivity index (χ4n) is 6.32. The van der Waals surface area contributed by atoms with E-state index in [1.165, 1.54) is 11.1 Å². The molecule has 1 aliphatic carbocycles. The quantitative estimate of drug-likeness (QED) is 0.509. The Morgan fingerprint density at radius 1 is 1.13 bits per heavy atom. The number of H-pyrrole nitrogens is 1. The number of rotatable bonds is 2. The van der Waals surface area contributed by atoms with Crippen molar-refractivity contribution in [1.29, 1.82) is 0 Å². The summed E-state index contributed by atoms with van der Waals surface area (Å²) >= 11 is 0. The third kappa shape index (κ3) is 4.78. The predicted octanol–water partition coefficient (Wildman–Crippen LogP) is 3.60. The van der Waals surface area contributed by atoms with Crippen LogP contribution in [0.3, 0.4) is 0 Å². The highest BCUT2D eigenvalue weighted by Crippen LogP contribution is 2.41. The van der Waals surface area contributed by atoms with Gasteiger partial charge in [0.25, 0.3) is 15.2 Å². The summed E-state index contributed by atoms with van der Waals surface area (Å²) in [5.74, 6) is 0.854. The van der Waals surface area contributed by atoms with E-state index in [1.54, 1.807) is 10.5 Å². The van der Waals surface area contributed by atoms with E-state index >= 15 is 0 Å². The summed E-state index contributed by atoms with van der Waals surface area (Å²) in [6.45, 7) is 2.35. The van der Waals surface area contributed by atoms with Crippen LogP contribution in [0.15, 0.2) is 35.6 Å². The molecule has 6 rings (SSSR count). The van der Waals surface area contributed by atoms with Gasteiger partial charge in [0.15, 0.2) is 0 Å². The van der Waals surface area contributed by atoms with Crippen molar-refractivity contribution in [3.05, 3.63) is 41.6 Å². The van der Waals surface area contributed by atoms with Crippen LogP contribution in [0.5, 0.6) is 5.88 Å². The first-order valence-electron chi connectivity index (χ1n) is 13.4. The molecule has 2 atom stereocenters. The lowest BCUT2D eigenvalue weighted by Crippen LogP contribution is -2.38. The monoisotopic (exact) mass is 537 g/mol. The maximum atomic E-state index is 13.6. The van der Waals surface area contributed by atoms with Crippen LogP contribution in [-0.4, -0.2) is 78.1 Å². The number of hydrogen-bond donors (Lipinski definition) is 2. The molecule has 6 bridgehead atoms. The van der Waals surface area contributed by atoms with Gasteiger partial charge in [0, 0.05) is 37.5 Å². The van der Waals surface area contributed by atoms with Gasteiger partial charge in [0.05, 0.1) is 12.3 Å². The van der Waals surface area contributed by atoms with Crippen molar-refractivity contribution >= 4 is 21.7 Å². The molecule has 1 saturated heterocycles. The SMILES string of the molecule is CN(C)CC12CCCCOc3cc(ccn3)-c3ccc4c(c3Nc3n[nH]c(n3)S(=O)(=O)N(CC1)C2)CCC4. The topological polar surface area (TPSA) is 116 Å². The zero-order chi connectivity index (χ0) is 26.3. The van der Waals surface area contributed by atoms with E-state index in [-0.39, 0.29) is 16.5 Å². The van der Waals surface area contributed by atoms with Crippen LogP contribution >= 0.6 is 0 Å². The molecule has 2 N–H and O–H groups in total. The van der Waals surface area contributed by atoms with Crippen LogP contribution < -0.4 is 10.1 Å². The molecular formula is C27H35N7O3S. The predicted molar refractivity (Wildman–Crippen MR) is 145 cm³/mol. The van der Waals surface area contributed by atoms with Crippen molar-refractivity contribution < 1.29 is 13.2 Å². The molecule has 11 heteroatoms. The second-order valence-electron chi connectivity index (χ2n) is 11.1. The Hall–Kier alpha value is -3.02. The highest BCUT2D eigenvalue weighted by atomic mass is 32.2. The summed E-state index contributed by atoms with van der Waals surface area (Å²) in [5, 5.41) is 10.2. The van der Waals surface area contributed by atoms with E-state index in [4.69, 9.17) is 4.74 Å². The minimum absolute atomic E-state index is 0.110. The molecule has 0 radical (unpaired) electrons. The summed E-state index contributed by atoms with van der Waals surface area (Å²) in [7, 11) is 0.288. The summed E-state index contributed by atoms with van der Waals surface area (Å²) in [6, 6.07) is 8.22. The second-order valence-corrected chi connectivity index (χ2v) is 12.9. The van der Waals surface area contributed by atoms with Crippen LogP contribution in [0.2, 0.25) is 0 Å². The Balaban J connectivity index is 1.41. The van der Waals surface area contributed by atoms with Crippen LogP contribution in [0.25, 0.3) is 11.1 Å². The van der Waals surface area contributed by atoms with Gasteiger partial charge in [-0.3, -0.25) is 0 Å². The number of hydrogen-bond acceptors (Lipinski definition) is 8. The number of pyridine rings is 1. The fraction of sp³-hybridized carbons (Fsp3) is 0.519. The van der Waals surface area contributed by atoms with Crippen molar-refractivity contribution in [2.45, 2.75) is 50.1 Å². The molecule has 2 aromatic heterocycles. The molecule has 0 amide bonds. The first-order chi connectivity index (χ1) is 18.3. The highest BCUT2D eigenvalue weighted by molar-refractivity contribution is 7.89. The first kappa shape index (κ1) is 25.3. The third-order valence-electron chi connectivity index (χ3n) is 8.02. The van der Waals surface area contributed by atoms with Crippen molar-refractivity contribution in [2.75, 3.05) is 45.7 Å². The zero-order valence-electron chi connectivity index (χ0n) is 22.0. The van der Waals surface area contributed by atoms with Crippen LogP contribution in [0.4, 0.5) is 11.6 Å². The van der Waals surface area contributed by atoms with Gasteiger partial charge in [-0.25, -0.2) is 18.5 Å². The van der Waals surface area contributed by atoms with Crippen LogP contribution in [-0.2, 0) is 22.9 Å². The number of benzene rings is 1. The molecule has 10 nitrogen and oxygen atoms in total. The number of nitrogens with zero attached hydrogens (tertiary/aromatic N) is 5. The number of anilines is 2. The number of nitrogens with one attached hydrogen (secondary N) is 2. The number of sulfonamides is 1. The average molecular weight is 538 g/mol. The van der Waals surface area contributed by atoms with Gasteiger partial charge in [-0.2, -0.15) is 9.29 Å². The van der Waals surface area contributed by atoms with E-state index in [9.17, 15) is 8.42 Å². The second kappa shape index (κ2) is 9.94. The van der Waals surface area contributed by atoms with Crippen molar-refractivity contribution in [1.82, 2.24) is 29.4 Å². The normalized spacial score (nSPS) is 24.6. The third-order valence-corrected chi connectivity index (χ3v) is 9.68. The molecule has 38 heavy (non-hydrogen) atoms. The lowest BCUT2D eigenvalue weighted by atomic mass is 9.81. The smallest absolute Gasteiger partial charge is 0.278 e. The Labute approximate surface area is 223 Å². The van der Waals surface area contributed by atoms with Crippen molar-refractivity contribution in [3.8, 4) is 17.0 Å². The summed E-state index contributed by atoms with van der Waals surface area (Å²) in [6.07, 6.45) is 8.39. The minimum atomic E-state index is -3.80. The lowest BCUT2D eigenvalue weighted by Gasteiger charge is -2.32. The average Bonchev–Trinajstić information content (AvgIpc) is 3.64. The highest BCUT2D eigenvalue weighted by Gasteiger charge is 2.44. The number of aromatic amines is 1. The van der Waals surface area contributed by atoms with Gasteiger partial charge in [-0.15, -0.1) is 5.10 Å². The van der Waals surface area contributed by atoms with E-state index in [0.29, 0.717) is 25.6 Å². The molecule has 2 unspecified atom stereocenters. The molecule has 4 heterocycles. The Bertz CT molecular complexity index is 1440.